The number of nitrogens with one attached hydrogen (secondary N) is 1. The smallest absolute Gasteiger partial charge is 0.254 e. The van der Waals surface area contributed by atoms with Gasteiger partial charge in [-0.2, -0.15) is 0 Å². The number of hydrogen-bond acceptors (Lipinski definition) is 3. The van der Waals surface area contributed by atoms with Crippen molar-refractivity contribution in [1.29, 1.82) is 0 Å². The van der Waals surface area contributed by atoms with Crippen LogP contribution in [0.4, 0.5) is 0 Å². The molecule has 2 aliphatic rings. The van der Waals surface area contributed by atoms with Gasteiger partial charge >= 0.3 is 0 Å². The van der Waals surface area contributed by atoms with Crippen LogP contribution in [0, 0.1) is 18.3 Å². The molecule has 2 aliphatic heterocycles. The van der Waals surface area contributed by atoms with Crippen molar-refractivity contribution >= 4 is 11.8 Å². The molecule has 0 radical (unpaired) electrons. The summed E-state index contributed by atoms with van der Waals surface area (Å²) >= 11 is 0. The van der Waals surface area contributed by atoms with Gasteiger partial charge in [-0.25, -0.2) is 0 Å². The zero-order valence-electron chi connectivity index (χ0n) is 16.2. The van der Waals surface area contributed by atoms with Gasteiger partial charge < -0.3 is 14.6 Å². The van der Waals surface area contributed by atoms with Crippen molar-refractivity contribution in [2.24, 2.45) is 5.92 Å². The van der Waals surface area contributed by atoms with Crippen LogP contribution in [0.15, 0.2) is 16.7 Å². The number of hydrogen-bond donors (Lipinski definition) is 1. The van der Waals surface area contributed by atoms with Crippen LogP contribution >= 0.6 is 0 Å². The number of nitrogens with zero attached hydrogens (tertiary/aromatic N) is 1. The fourth-order valence-corrected chi connectivity index (χ4v) is 4.64. The number of aryl methyl sites for hydroxylation is 1. The minimum atomic E-state index is -0.0556. The van der Waals surface area contributed by atoms with E-state index in [9.17, 15) is 9.59 Å². The van der Waals surface area contributed by atoms with Crippen LogP contribution in [0.2, 0.25) is 0 Å². The SMILES string of the molecule is C#CCCCCC(=O)N1[C@@H]2CC[C@H]1CC(CNC(=O)c1ccoc1CC)C2. The highest BCUT2D eigenvalue weighted by molar-refractivity contribution is 5.95. The Kier molecular flexibility index (Phi) is 6.60. The standard InChI is InChI=1S/C22H30N2O3/c1-3-5-6-7-8-21(25)24-17-9-10-18(24)14-16(13-17)15-23-22(26)19-11-12-27-20(19)4-2/h1,11-12,16-18H,4-10,13-15H2,2H3,(H,23,26)/t16?,17-,18+. The number of terminal acetylenes is 1. The van der Waals surface area contributed by atoms with E-state index < -0.39 is 0 Å². The van der Waals surface area contributed by atoms with Gasteiger partial charge in [-0.05, 0) is 50.5 Å². The Hall–Kier alpha value is -2.22. The Morgan fingerprint density at radius 1 is 1.30 bits per heavy atom. The van der Waals surface area contributed by atoms with Gasteiger partial charge in [0.15, 0.2) is 0 Å². The van der Waals surface area contributed by atoms with Gasteiger partial charge in [-0.1, -0.05) is 6.92 Å². The molecule has 2 fully saturated rings. The van der Waals surface area contributed by atoms with E-state index in [1.54, 1.807) is 12.3 Å². The van der Waals surface area contributed by atoms with Crippen LogP contribution in [-0.4, -0.2) is 35.3 Å². The predicted molar refractivity (Wildman–Crippen MR) is 104 cm³/mol. The lowest BCUT2D eigenvalue weighted by molar-refractivity contribution is -0.136. The minimum Gasteiger partial charge on any atom is -0.469 e. The molecule has 5 heteroatoms. The molecule has 2 bridgehead atoms. The quantitative estimate of drug-likeness (QED) is 0.562. The average Bonchev–Trinajstić information content (AvgIpc) is 3.25. The van der Waals surface area contributed by atoms with Crippen LogP contribution in [0.25, 0.3) is 0 Å². The first kappa shape index (κ1) is 19.5. The van der Waals surface area contributed by atoms with Crippen molar-refractivity contribution in [2.75, 3.05) is 6.54 Å². The van der Waals surface area contributed by atoms with Crippen LogP contribution < -0.4 is 5.32 Å². The lowest BCUT2D eigenvalue weighted by atomic mass is 9.90. The predicted octanol–water partition coefficient (Wildman–Crippen LogP) is 3.54. The van der Waals surface area contributed by atoms with Crippen LogP contribution in [0.5, 0.6) is 0 Å². The van der Waals surface area contributed by atoms with Crippen molar-refractivity contribution in [1.82, 2.24) is 10.2 Å². The highest BCUT2D eigenvalue weighted by atomic mass is 16.3. The molecule has 2 saturated heterocycles. The summed E-state index contributed by atoms with van der Waals surface area (Å²) in [5, 5.41) is 3.07. The van der Waals surface area contributed by atoms with E-state index in [1.807, 2.05) is 6.92 Å². The molecular weight excluding hydrogens is 340 g/mol. The Labute approximate surface area is 161 Å². The van der Waals surface area contributed by atoms with Gasteiger partial charge in [-0.15, -0.1) is 12.3 Å². The van der Waals surface area contributed by atoms with Gasteiger partial charge in [0.1, 0.15) is 5.76 Å². The molecule has 0 spiro atoms. The Morgan fingerprint density at radius 3 is 2.70 bits per heavy atom. The van der Waals surface area contributed by atoms with E-state index in [1.165, 1.54) is 0 Å². The van der Waals surface area contributed by atoms with Gasteiger partial charge in [0.25, 0.3) is 5.91 Å². The molecule has 0 aromatic carbocycles. The molecule has 0 aliphatic carbocycles. The summed E-state index contributed by atoms with van der Waals surface area (Å²) in [7, 11) is 0. The zero-order valence-corrected chi connectivity index (χ0v) is 16.2. The molecule has 1 aromatic heterocycles. The molecule has 1 aromatic rings. The highest BCUT2D eigenvalue weighted by Crippen LogP contribution is 2.39. The summed E-state index contributed by atoms with van der Waals surface area (Å²) < 4.78 is 5.34. The van der Waals surface area contributed by atoms with Crippen molar-refractivity contribution in [3.63, 3.8) is 0 Å². The summed E-state index contributed by atoms with van der Waals surface area (Å²) in [6, 6.07) is 2.41. The molecule has 1 N–H and O–H groups in total. The number of carbonyl (C=O) groups excluding carboxylic acids is 2. The van der Waals surface area contributed by atoms with E-state index in [2.05, 4.69) is 16.1 Å². The maximum Gasteiger partial charge on any atom is 0.254 e. The van der Waals surface area contributed by atoms with E-state index in [-0.39, 0.29) is 11.8 Å². The first-order valence-corrected chi connectivity index (χ1v) is 10.2. The van der Waals surface area contributed by atoms with Gasteiger partial charge in [0.2, 0.25) is 5.91 Å². The summed E-state index contributed by atoms with van der Waals surface area (Å²) in [6.45, 7) is 2.65. The number of piperidine rings is 1. The minimum absolute atomic E-state index is 0.0556. The third-order valence-corrected chi connectivity index (χ3v) is 5.94. The third-order valence-electron chi connectivity index (χ3n) is 5.94. The zero-order chi connectivity index (χ0) is 19.2. The fourth-order valence-electron chi connectivity index (χ4n) is 4.64. The van der Waals surface area contributed by atoms with Gasteiger partial charge in [-0.3, -0.25) is 9.59 Å². The summed E-state index contributed by atoms with van der Waals surface area (Å²) in [5.41, 5.74) is 0.639. The Balaban J connectivity index is 1.48. The number of carbonyl (C=O) groups is 2. The number of rotatable bonds is 8. The number of amides is 2. The molecular formula is C22H30N2O3. The first-order valence-electron chi connectivity index (χ1n) is 10.2. The van der Waals surface area contributed by atoms with Crippen LogP contribution in [0.1, 0.15) is 74.4 Å². The first-order chi connectivity index (χ1) is 13.1. The van der Waals surface area contributed by atoms with Gasteiger partial charge in [0.05, 0.1) is 11.8 Å². The molecule has 27 heavy (non-hydrogen) atoms. The van der Waals surface area contributed by atoms with E-state index in [0.29, 0.717) is 43.0 Å². The molecule has 3 heterocycles. The normalized spacial score (nSPS) is 23.9. The summed E-state index contributed by atoms with van der Waals surface area (Å²) in [5.74, 6) is 4.03. The van der Waals surface area contributed by atoms with Crippen molar-refractivity contribution < 1.29 is 14.0 Å². The van der Waals surface area contributed by atoms with E-state index in [4.69, 9.17) is 10.8 Å². The molecule has 5 nitrogen and oxygen atoms in total. The second kappa shape index (κ2) is 9.12. The van der Waals surface area contributed by atoms with Crippen molar-refractivity contribution in [2.45, 2.75) is 76.8 Å². The van der Waals surface area contributed by atoms with Gasteiger partial charge in [0, 0.05) is 37.9 Å². The second-order valence-corrected chi connectivity index (χ2v) is 7.76. The lowest BCUT2D eigenvalue weighted by Gasteiger charge is -2.39. The largest absolute Gasteiger partial charge is 0.469 e. The maximum atomic E-state index is 12.6. The third kappa shape index (κ3) is 4.55. The number of unbranched alkanes of at least 4 members (excludes halogenated alkanes) is 2. The summed E-state index contributed by atoms with van der Waals surface area (Å²) in [4.78, 5) is 27.2. The lowest BCUT2D eigenvalue weighted by Crippen LogP contribution is -2.48. The molecule has 146 valence electrons. The molecule has 2 amide bonds. The van der Waals surface area contributed by atoms with Crippen LogP contribution in [-0.2, 0) is 11.2 Å². The Morgan fingerprint density at radius 2 is 2.04 bits per heavy atom. The number of fused-ring (bicyclic) bond motifs is 2. The maximum absolute atomic E-state index is 12.6. The van der Waals surface area contributed by atoms with E-state index in [0.717, 1.165) is 50.7 Å². The highest BCUT2D eigenvalue weighted by Gasteiger charge is 2.42. The number of furan rings is 1. The fraction of sp³-hybridized carbons (Fsp3) is 0.636. The van der Waals surface area contributed by atoms with Crippen LogP contribution in [0.3, 0.4) is 0 Å². The Bertz CT molecular complexity index is 689. The van der Waals surface area contributed by atoms with E-state index >= 15 is 0 Å². The molecule has 3 rings (SSSR count). The summed E-state index contributed by atoms with van der Waals surface area (Å²) in [6.07, 6.45) is 14.9. The molecule has 1 unspecified atom stereocenters. The average molecular weight is 370 g/mol. The topological polar surface area (TPSA) is 62.6 Å². The molecule has 0 saturated carbocycles. The molecule has 3 atom stereocenters. The second-order valence-electron chi connectivity index (χ2n) is 7.76. The van der Waals surface area contributed by atoms with Crippen molar-refractivity contribution in [3.05, 3.63) is 23.7 Å². The monoisotopic (exact) mass is 370 g/mol. The van der Waals surface area contributed by atoms with Crippen molar-refractivity contribution in [3.8, 4) is 12.3 Å².